The van der Waals surface area contributed by atoms with E-state index in [9.17, 15) is 9.59 Å². The van der Waals surface area contributed by atoms with Crippen LogP contribution in [0.2, 0.25) is 5.02 Å². The number of hydrogen-bond donors (Lipinski definition) is 0. The Hall–Kier alpha value is -2.44. The lowest BCUT2D eigenvalue weighted by Gasteiger charge is -2.13. The number of halogens is 1. The molecule has 0 aromatic heterocycles. The van der Waals surface area contributed by atoms with Gasteiger partial charge >= 0.3 is 0 Å². The van der Waals surface area contributed by atoms with Crippen LogP contribution in [0.4, 0.5) is 4.79 Å². The molecule has 0 unspecified atom stereocenters. The lowest BCUT2D eigenvalue weighted by molar-refractivity contribution is -0.123. The molecule has 3 rings (SSSR count). The Balaban J connectivity index is 1.87. The van der Waals surface area contributed by atoms with Crippen LogP contribution in [0.25, 0.3) is 6.08 Å². The molecule has 26 heavy (non-hydrogen) atoms. The van der Waals surface area contributed by atoms with E-state index in [4.69, 9.17) is 21.1 Å². The minimum absolute atomic E-state index is 0.142. The van der Waals surface area contributed by atoms with Gasteiger partial charge in [-0.25, -0.2) is 0 Å². The molecule has 1 aliphatic rings. The van der Waals surface area contributed by atoms with E-state index in [0.717, 1.165) is 17.3 Å². The minimum atomic E-state index is -0.346. The van der Waals surface area contributed by atoms with Crippen LogP contribution in [0, 0.1) is 0 Å². The van der Waals surface area contributed by atoms with Gasteiger partial charge in [-0.3, -0.25) is 14.5 Å². The van der Waals surface area contributed by atoms with Gasteiger partial charge in [-0.2, -0.15) is 0 Å². The molecule has 0 bridgehead atoms. The Bertz CT molecular complexity index is 875. The summed E-state index contributed by atoms with van der Waals surface area (Å²) in [6.45, 7) is 0.142. The molecule has 7 heteroatoms. The number of benzene rings is 2. The zero-order valence-electron chi connectivity index (χ0n) is 14.2. The number of imide groups is 1. The maximum atomic E-state index is 12.7. The predicted octanol–water partition coefficient (Wildman–Crippen LogP) is 4.59. The zero-order valence-corrected chi connectivity index (χ0v) is 15.8. The topological polar surface area (TPSA) is 55.8 Å². The second-order valence-electron chi connectivity index (χ2n) is 5.51. The third kappa shape index (κ3) is 3.86. The molecular weight excluding hydrogens is 374 g/mol. The quantitative estimate of drug-likeness (QED) is 0.700. The fourth-order valence-corrected chi connectivity index (χ4v) is 3.53. The first-order valence-electron chi connectivity index (χ1n) is 7.73. The van der Waals surface area contributed by atoms with Gasteiger partial charge in [0.05, 0.1) is 25.7 Å². The summed E-state index contributed by atoms with van der Waals surface area (Å²) in [4.78, 5) is 26.5. The number of carbonyl (C=O) groups is 2. The zero-order chi connectivity index (χ0) is 18.7. The SMILES string of the molecule is COc1cc(/C=C2/SC(=O)N(Cc3ccccc3Cl)C2=O)cc(OC)c1. The van der Waals surface area contributed by atoms with Crippen molar-refractivity contribution in [3.05, 3.63) is 63.5 Å². The van der Waals surface area contributed by atoms with Crippen molar-refractivity contribution in [3.63, 3.8) is 0 Å². The van der Waals surface area contributed by atoms with Gasteiger partial charge in [0.25, 0.3) is 11.1 Å². The molecule has 134 valence electrons. The summed E-state index contributed by atoms with van der Waals surface area (Å²) in [5, 5.41) is 0.198. The molecule has 5 nitrogen and oxygen atoms in total. The first kappa shape index (κ1) is 18.4. The van der Waals surface area contributed by atoms with Crippen molar-refractivity contribution in [2.45, 2.75) is 6.54 Å². The Morgan fingerprint density at radius 3 is 2.35 bits per heavy atom. The number of nitrogens with zero attached hydrogens (tertiary/aromatic N) is 1. The van der Waals surface area contributed by atoms with Crippen molar-refractivity contribution in [3.8, 4) is 11.5 Å². The second-order valence-corrected chi connectivity index (χ2v) is 6.91. The largest absolute Gasteiger partial charge is 0.497 e. The first-order chi connectivity index (χ1) is 12.5. The summed E-state index contributed by atoms with van der Waals surface area (Å²) in [5.74, 6) is 0.860. The molecule has 0 spiro atoms. The monoisotopic (exact) mass is 389 g/mol. The van der Waals surface area contributed by atoms with Crippen LogP contribution in [-0.4, -0.2) is 30.3 Å². The van der Waals surface area contributed by atoms with Crippen molar-refractivity contribution in [2.75, 3.05) is 14.2 Å². The third-order valence-corrected chi connectivity index (χ3v) is 5.11. The summed E-state index contributed by atoms with van der Waals surface area (Å²) >= 11 is 7.04. The van der Waals surface area contributed by atoms with Crippen molar-refractivity contribution in [1.29, 1.82) is 0 Å². The molecule has 2 aromatic rings. The second kappa shape index (κ2) is 7.85. The van der Waals surface area contributed by atoms with Crippen molar-refractivity contribution in [1.82, 2.24) is 4.90 Å². The van der Waals surface area contributed by atoms with E-state index in [1.54, 1.807) is 56.7 Å². The van der Waals surface area contributed by atoms with E-state index >= 15 is 0 Å². The number of hydrogen-bond acceptors (Lipinski definition) is 5. The van der Waals surface area contributed by atoms with Gasteiger partial charge in [-0.15, -0.1) is 0 Å². The van der Waals surface area contributed by atoms with E-state index in [-0.39, 0.29) is 17.7 Å². The summed E-state index contributed by atoms with van der Waals surface area (Å²) in [6.07, 6.45) is 1.66. The van der Waals surface area contributed by atoms with Crippen LogP contribution < -0.4 is 9.47 Å². The van der Waals surface area contributed by atoms with Crippen LogP contribution in [0.3, 0.4) is 0 Å². The number of ether oxygens (including phenoxy) is 2. The molecule has 1 heterocycles. The Morgan fingerprint density at radius 1 is 1.08 bits per heavy atom. The molecule has 0 aliphatic carbocycles. The first-order valence-corrected chi connectivity index (χ1v) is 8.93. The molecular formula is C19H16ClNO4S. The normalized spacial score (nSPS) is 15.7. The Labute approximate surface area is 160 Å². The van der Waals surface area contributed by atoms with Crippen LogP contribution in [0.1, 0.15) is 11.1 Å². The van der Waals surface area contributed by atoms with Gasteiger partial charge in [0.2, 0.25) is 0 Å². The molecule has 0 atom stereocenters. The maximum absolute atomic E-state index is 12.7. The highest BCUT2D eigenvalue weighted by Crippen LogP contribution is 2.35. The van der Waals surface area contributed by atoms with Crippen LogP contribution in [-0.2, 0) is 11.3 Å². The molecule has 2 aromatic carbocycles. The number of amides is 2. The fraction of sp³-hybridized carbons (Fsp3) is 0.158. The highest BCUT2D eigenvalue weighted by Gasteiger charge is 2.35. The van der Waals surface area contributed by atoms with Gasteiger partial charge in [-0.05, 0) is 47.2 Å². The number of rotatable bonds is 5. The molecule has 1 saturated heterocycles. The standard InChI is InChI=1S/C19H16ClNO4S/c1-24-14-7-12(8-15(10-14)25-2)9-17-18(22)21(19(23)26-17)11-13-5-3-4-6-16(13)20/h3-10H,11H2,1-2H3/b17-9+. The highest BCUT2D eigenvalue weighted by molar-refractivity contribution is 8.18. The summed E-state index contributed by atoms with van der Waals surface area (Å²) in [5.41, 5.74) is 1.44. The molecule has 2 amide bonds. The van der Waals surface area contributed by atoms with Gasteiger partial charge in [0.15, 0.2) is 0 Å². The van der Waals surface area contributed by atoms with Crippen LogP contribution in [0.5, 0.6) is 11.5 Å². The number of carbonyl (C=O) groups excluding carboxylic acids is 2. The Kier molecular flexibility index (Phi) is 5.54. The fourth-order valence-electron chi connectivity index (χ4n) is 2.50. The van der Waals surface area contributed by atoms with Gasteiger partial charge < -0.3 is 9.47 Å². The Morgan fingerprint density at radius 2 is 1.73 bits per heavy atom. The van der Waals surface area contributed by atoms with E-state index in [0.29, 0.717) is 27.0 Å². The van der Waals surface area contributed by atoms with E-state index < -0.39 is 0 Å². The van der Waals surface area contributed by atoms with Crippen LogP contribution in [0.15, 0.2) is 47.4 Å². The average Bonchev–Trinajstić information content (AvgIpc) is 2.90. The predicted molar refractivity (Wildman–Crippen MR) is 103 cm³/mol. The molecule has 0 saturated carbocycles. The van der Waals surface area contributed by atoms with Gasteiger partial charge in [-0.1, -0.05) is 29.8 Å². The minimum Gasteiger partial charge on any atom is -0.497 e. The van der Waals surface area contributed by atoms with Crippen molar-refractivity contribution < 1.29 is 19.1 Å². The summed E-state index contributed by atoms with van der Waals surface area (Å²) < 4.78 is 10.5. The number of methoxy groups -OCH3 is 2. The number of thioether (sulfide) groups is 1. The van der Waals surface area contributed by atoms with E-state index in [1.807, 2.05) is 6.07 Å². The molecule has 0 N–H and O–H groups in total. The van der Waals surface area contributed by atoms with E-state index in [1.165, 1.54) is 4.90 Å². The third-order valence-electron chi connectivity index (χ3n) is 3.83. The van der Waals surface area contributed by atoms with E-state index in [2.05, 4.69) is 0 Å². The van der Waals surface area contributed by atoms with Crippen LogP contribution >= 0.6 is 23.4 Å². The maximum Gasteiger partial charge on any atom is 0.293 e. The van der Waals surface area contributed by atoms with Gasteiger partial charge in [0.1, 0.15) is 11.5 Å². The molecule has 1 fully saturated rings. The molecule has 1 aliphatic heterocycles. The van der Waals surface area contributed by atoms with Crippen molar-refractivity contribution >= 4 is 40.6 Å². The summed E-state index contributed by atoms with van der Waals surface area (Å²) in [6, 6.07) is 12.4. The smallest absolute Gasteiger partial charge is 0.293 e. The molecule has 0 radical (unpaired) electrons. The highest BCUT2D eigenvalue weighted by atomic mass is 35.5. The average molecular weight is 390 g/mol. The van der Waals surface area contributed by atoms with Crippen molar-refractivity contribution in [2.24, 2.45) is 0 Å². The summed E-state index contributed by atoms with van der Waals surface area (Å²) in [7, 11) is 3.10. The lowest BCUT2D eigenvalue weighted by atomic mass is 10.1. The lowest BCUT2D eigenvalue weighted by Crippen LogP contribution is -2.27. The van der Waals surface area contributed by atoms with Gasteiger partial charge in [0, 0.05) is 11.1 Å².